The van der Waals surface area contributed by atoms with Gasteiger partial charge in [0.05, 0.1) is 23.4 Å². The van der Waals surface area contributed by atoms with Crippen LogP contribution in [0.4, 0.5) is 16.0 Å². The van der Waals surface area contributed by atoms with E-state index in [-0.39, 0.29) is 16.9 Å². The molecular weight excluding hydrogens is 389 g/mol. The number of nitrogen functional groups attached to an aromatic ring is 1. The fraction of sp³-hybridized carbons (Fsp3) is 0.250. The predicted molar refractivity (Wildman–Crippen MR) is 110 cm³/mol. The van der Waals surface area contributed by atoms with Crippen LogP contribution in [0, 0.1) is 17.1 Å². The van der Waals surface area contributed by atoms with Crippen molar-refractivity contribution in [3.63, 3.8) is 0 Å². The van der Waals surface area contributed by atoms with Gasteiger partial charge in [-0.1, -0.05) is 0 Å². The van der Waals surface area contributed by atoms with Crippen LogP contribution in [-0.2, 0) is 6.42 Å². The van der Waals surface area contributed by atoms with Crippen molar-refractivity contribution in [2.45, 2.75) is 13.3 Å². The molecule has 2 heterocycles. The number of aromatic nitrogens is 3. The number of benzene rings is 1. The van der Waals surface area contributed by atoms with Crippen molar-refractivity contribution in [2.24, 2.45) is 0 Å². The fourth-order valence-corrected chi connectivity index (χ4v) is 3.03. The fourth-order valence-electron chi connectivity index (χ4n) is 3.03. The summed E-state index contributed by atoms with van der Waals surface area (Å²) >= 11 is 0. The summed E-state index contributed by atoms with van der Waals surface area (Å²) in [5, 5.41) is 15.2. The normalized spacial score (nSPS) is 10.5. The van der Waals surface area contributed by atoms with E-state index in [1.54, 1.807) is 6.92 Å². The van der Waals surface area contributed by atoms with Gasteiger partial charge in [-0.05, 0) is 25.1 Å². The third-order valence-electron chi connectivity index (χ3n) is 4.36. The Morgan fingerprint density at radius 2 is 2.17 bits per heavy atom. The van der Waals surface area contributed by atoms with E-state index in [1.165, 1.54) is 31.6 Å². The van der Waals surface area contributed by atoms with Gasteiger partial charge in [0, 0.05) is 25.4 Å². The van der Waals surface area contributed by atoms with E-state index in [9.17, 15) is 14.4 Å². The predicted octanol–water partition coefficient (Wildman–Crippen LogP) is 2.03. The molecule has 0 saturated heterocycles. The number of nitrogens with zero attached hydrogens (tertiary/aromatic N) is 4. The maximum absolute atomic E-state index is 13.8. The second kappa shape index (κ2) is 9.00. The van der Waals surface area contributed by atoms with E-state index >= 15 is 0 Å². The third kappa shape index (κ3) is 4.05. The average Bonchev–Trinajstić information content (AvgIpc) is 2.74. The summed E-state index contributed by atoms with van der Waals surface area (Å²) in [5.74, 6) is -0.202. The van der Waals surface area contributed by atoms with Crippen LogP contribution in [-0.4, -0.2) is 41.1 Å². The van der Waals surface area contributed by atoms with Crippen molar-refractivity contribution < 1.29 is 13.9 Å². The number of pyridine rings is 1. The Hall–Kier alpha value is -4.00. The highest BCUT2D eigenvalue weighted by atomic mass is 19.1. The molecule has 30 heavy (non-hydrogen) atoms. The molecule has 154 valence electrons. The Kier molecular flexibility index (Phi) is 6.22. The van der Waals surface area contributed by atoms with Crippen LogP contribution < -0.4 is 21.1 Å². The molecule has 4 N–H and O–H groups in total. The summed E-state index contributed by atoms with van der Waals surface area (Å²) in [4.78, 5) is 25.0. The number of fused-ring (bicyclic) bond motifs is 1. The zero-order valence-corrected chi connectivity index (χ0v) is 16.5. The van der Waals surface area contributed by atoms with Crippen LogP contribution in [0.15, 0.2) is 24.5 Å². The number of carbonyl (C=O) groups excluding carboxylic acids is 1. The topological polar surface area (TPSA) is 139 Å². The number of hydrogen-bond donors (Lipinski definition) is 3. The number of hydrogen-bond acceptors (Lipinski definition) is 8. The van der Waals surface area contributed by atoms with Crippen molar-refractivity contribution in [3.8, 4) is 11.8 Å². The summed E-state index contributed by atoms with van der Waals surface area (Å²) in [6.45, 7) is 2.42. The van der Waals surface area contributed by atoms with Gasteiger partial charge in [-0.2, -0.15) is 5.26 Å². The molecule has 0 aliphatic rings. The van der Waals surface area contributed by atoms with E-state index in [0.29, 0.717) is 47.7 Å². The first kappa shape index (κ1) is 20.7. The Bertz CT molecular complexity index is 1140. The summed E-state index contributed by atoms with van der Waals surface area (Å²) < 4.78 is 19.6. The van der Waals surface area contributed by atoms with E-state index < -0.39 is 11.7 Å². The molecule has 0 unspecified atom stereocenters. The number of carbonyl (C=O) groups is 1. The highest BCUT2D eigenvalue weighted by Crippen LogP contribution is 2.31. The molecule has 0 spiro atoms. The van der Waals surface area contributed by atoms with Gasteiger partial charge in [-0.15, -0.1) is 0 Å². The molecule has 1 amide bonds. The van der Waals surface area contributed by atoms with Gasteiger partial charge < -0.3 is 21.1 Å². The van der Waals surface area contributed by atoms with Gasteiger partial charge in [-0.25, -0.2) is 19.3 Å². The summed E-state index contributed by atoms with van der Waals surface area (Å²) in [7, 11) is 1.49. The molecule has 10 heteroatoms. The minimum absolute atomic E-state index is 0.0813. The number of anilines is 2. The van der Waals surface area contributed by atoms with Gasteiger partial charge in [0.1, 0.15) is 35.4 Å². The summed E-state index contributed by atoms with van der Waals surface area (Å²) in [6.07, 6.45) is 1.61. The van der Waals surface area contributed by atoms with Crippen molar-refractivity contribution >= 4 is 28.4 Å². The first-order valence-corrected chi connectivity index (χ1v) is 9.21. The Morgan fingerprint density at radius 3 is 2.87 bits per heavy atom. The lowest BCUT2D eigenvalue weighted by Crippen LogP contribution is -2.21. The Morgan fingerprint density at radius 1 is 1.37 bits per heavy atom. The molecule has 0 saturated carbocycles. The number of nitriles is 1. The Labute approximate surface area is 172 Å². The van der Waals surface area contributed by atoms with Gasteiger partial charge in [0.15, 0.2) is 5.75 Å². The average molecular weight is 409 g/mol. The van der Waals surface area contributed by atoms with Gasteiger partial charge in [0.25, 0.3) is 5.91 Å². The van der Waals surface area contributed by atoms with Gasteiger partial charge >= 0.3 is 0 Å². The summed E-state index contributed by atoms with van der Waals surface area (Å²) in [5.41, 5.74) is 7.06. The molecule has 3 aromatic rings. The number of ether oxygens (including phenoxy) is 1. The third-order valence-corrected chi connectivity index (χ3v) is 4.36. The van der Waals surface area contributed by atoms with E-state index in [4.69, 9.17) is 10.5 Å². The maximum atomic E-state index is 13.8. The van der Waals surface area contributed by atoms with Crippen LogP contribution in [0.1, 0.15) is 28.5 Å². The summed E-state index contributed by atoms with van der Waals surface area (Å²) in [6, 6.07) is 6.03. The molecule has 9 nitrogen and oxygen atoms in total. The lowest BCUT2D eigenvalue weighted by atomic mass is 10.0. The highest BCUT2D eigenvalue weighted by Gasteiger charge is 2.22. The zero-order chi connectivity index (χ0) is 21.7. The molecule has 1 aromatic carbocycles. The first-order valence-electron chi connectivity index (χ1n) is 9.21. The SMILES string of the molecule is CCOc1c(CCNc2ncnc(N)c2C#N)nc2ccc(F)cc2c1C(=O)NC. The molecule has 2 aromatic heterocycles. The Balaban J connectivity index is 2.00. The number of amides is 1. The molecule has 0 radical (unpaired) electrons. The number of nitrogens with two attached hydrogens (primary N) is 1. The van der Waals surface area contributed by atoms with Crippen molar-refractivity contribution in [3.05, 3.63) is 47.2 Å². The van der Waals surface area contributed by atoms with Gasteiger partial charge in [0.2, 0.25) is 0 Å². The smallest absolute Gasteiger partial charge is 0.255 e. The molecule has 0 bridgehead atoms. The largest absolute Gasteiger partial charge is 0.491 e. The lowest BCUT2D eigenvalue weighted by molar-refractivity contribution is 0.0960. The molecule has 3 rings (SSSR count). The minimum Gasteiger partial charge on any atom is -0.491 e. The van der Waals surface area contributed by atoms with Crippen molar-refractivity contribution in [1.82, 2.24) is 20.3 Å². The monoisotopic (exact) mass is 409 g/mol. The van der Waals surface area contributed by atoms with E-state index in [0.717, 1.165) is 0 Å². The highest BCUT2D eigenvalue weighted by molar-refractivity contribution is 6.08. The molecule has 0 fully saturated rings. The second-order valence-electron chi connectivity index (χ2n) is 6.21. The molecule has 0 aliphatic heterocycles. The standard InChI is InChI=1S/C20H20FN7O2/c1-3-30-17-15(6-7-25-19-13(9-22)18(23)26-10-27-19)28-14-5-4-11(21)8-12(14)16(17)20(29)24-2/h4-5,8,10H,3,6-7H2,1-2H3,(H,24,29)(H3,23,25,26,27). The van der Waals surface area contributed by atoms with Crippen LogP contribution in [0.5, 0.6) is 5.75 Å². The second-order valence-corrected chi connectivity index (χ2v) is 6.21. The van der Waals surface area contributed by atoms with Crippen LogP contribution >= 0.6 is 0 Å². The van der Waals surface area contributed by atoms with Crippen LogP contribution in [0.2, 0.25) is 0 Å². The van der Waals surface area contributed by atoms with Crippen molar-refractivity contribution in [2.75, 3.05) is 31.2 Å². The molecular formula is C20H20FN7O2. The maximum Gasteiger partial charge on any atom is 0.255 e. The van der Waals surface area contributed by atoms with Gasteiger partial charge in [-0.3, -0.25) is 4.79 Å². The molecule has 0 atom stereocenters. The lowest BCUT2D eigenvalue weighted by Gasteiger charge is -2.17. The van der Waals surface area contributed by atoms with Crippen LogP contribution in [0.3, 0.4) is 0 Å². The quantitative estimate of drug-likeness (QED) is 0.539. The number of nitrogens with one attached hydrogen (secondary N) is 2. The zero-order valence-electron chi connectivity index (χ0n) is 16.5. The minimum atomic E-state index is -0.475. The van der Waals surface area contributed by atoms with Crippen LogP contribution in [0.25, 0.3) is 10.9 Å². The van der Waals surface area contributed by atoms with E-state index in [1.807, 2.05) is 6.07 Å². The van der Waals surface area contributed by atoms with Crippen molar-refractivity contribution in [1.29, 1.82) is 5.26 Å². The molecule has 0 aliphatic carbocycles. The number of halogens is 1. The van der Waals surface area contributed by atoms with E-state index in [2.05, 4.69) is 25.6 Å². The first-order chi connectivity index (χ1) is 14.5. The number of rotatable bonds is 7.